The molecule has 1 N–H and O–H groups in total. The Morgan fingerprint density at radius 1 is 1.30 bits per heavy atom. The van der Waals surface area contributed by atoms with Crippen LogP contribution in [0, 0.1) is 12.8 Å². The third-order valence-corrected chi connectivity index (χ3v) is 5.91. The molecule has 10 heteroatoms. The van der Waals surface area contributed by atoms with E-state index in [1.54, 1.807) is 19.1 Å². The van der Waals surface area contributed by atoms with E-state index in [9.17, 15) is 14.4 Å². The fourth-order valence-corrected chi connectivity index (χ4v) is 4.08. The molecule has 0 aliphatic rings. The second kappa shape index (κ2) is 9.16. The maximum atomic E-state index is 12.9. The van der Waals surface area contributed by atoms with Gasteiger partial charge in [-0.1, -0.05) is 37.0 Å². The Hall–Kier alpha value is -2.42. The van der Waals surface area contributed by atoms with E-state index in [1.807, 2.05) is 13.8 Å². The summed E-state index contributed by atoms with van der Waals surface area (Å²) in [7, 11) is 0. The molecule has 0 radical (unpaired) electrons. The monoisotopic (exact) mass is 467 g/mol. The molecule has 0 bridgehead atoms. The minimum atomic E-state index is -0.483. The fraction of sp³-hybridized carbons (Fsp3) is 0.300. The summed E-state index contributed by atoms with van der Waals surface area (Å²) in [6, 6.07) is 4.68. The highest BCUT2D eigenvalue weighted by Gasteiger charge is 2.21. The lowest BCUT2D eigenvalue weighted by Gasteiger charge is -2.09. The number of esters is 1. The van der Waals surface area contributed by atoms with Crippen molar-refractivity contribution in [1.29, 1.82) is 0 Å². The third kappa shape index (κ3) is 4.83. The molecule has 0 aliphatic carbocycles. The summed E-state index contributed by atoms with van der Waals surface area (Å²) < 4.78 is 6.45. The predicted octanol–water partition coefficient (Wildman–Crippen LogP) is 4.52. The van der Waals surface area contributed by atoms with E-state index in [0.717, 1.165) is 11.3 Å². The van der Waals surface area contributed by atoms with Crippen molar-refractivity contribution >= 4 is 62.3 Å². The highest BCUT2D eigenvalue weighted by atomic mass is 35.5. The first-order valence-corrected chi connectivity index (χ1v) is 10.6. The summed E-state index contributed by atoms with van der Waals surface area (Å²) in [5, 5.41) is 3.67. The zero-order chi connectivity index (χ0) is 22.0. The summed E-state index contributed by atoms with van der Waals surface area (Å²) in [5.74, 6) is -0.749. The van der Waals surface area contributed by atoms with Crippen LogP contribution < -0.4 is 10.9 Å². The molecule has 7 nitrogen and oxygen atoms in total. The largest absolute Gasteiger partial charge is 0.461 e. The Labute approximate surface area is 186 Å². The normalized spacial score (nSPS) is 11.1. The number of carbonyl (C=O) groups is 2. The summed E-state index contributed by atoms with van der Waals surface area (Å²) in [6.45, 7) is 5.56. The summed E-state index contributed by atoms with van der Waals surface area (Å²) in [4.78, 5) is 42.7. The maximum Gasteiger partial charge on any atom is 0.348 e. The Morgan fingerprint density at radius 2 is 2.03 bits per heavy atom. The highest BCUT2D eigenvalue weighted by Crippen LogP contribution is 2.28. The van der Waals surface area contributed by atoms with Crippen molar-refractivity contribution in [2.75, 3.05) is 11.9 Å². The first-order chi connectivity index (χ1) is 14.2. The number of rotatable bonds is 6. The summed E-state index contributed by atoms with van der Waals surface area (Å²) in [5.41, 5.74) is 0.427. The van der Waals surface area contributed by atoms with E-state index in [4.69, 9.17) is 27.9 Å². The first-order valence-electron chi connectivity index (χ1n) is 9.08. The second-order valence-corrected chi connectivity index (χ2v) is 8.92. The van der Waals surface area contributed by atoms with Crippen molar-refractivity contribution in [2.24, 2.45) is 5.92 Å². The fourth-order valence-electron chi connectivity index (χ4n) is 2.71. The molecular weight excluding hydrogens is 449 g/mol. The van der Waals surface area contributed by atoms with Crippen LogP contribution in [0.5, 0.6) is 0 Å². The van der Waals surface area contributed by atoms with Crippen LogP contribution in [0.3, 0.4) is 0 Å². The standard InChI is InChI=1S/C20H19Cl2N3O4S/c1-10(2)8-29-20(28)17-11(3)16-18(30-17)23-9-25(19(16)27)7-15(26)24-14-6-12(21)4-5-13(14)22/h4-6,9-10H,7-8H2,1-3H3,(H,24,26). The average Bonchev–Trinajstić information content (AvgIpc) is 3.02. The molecule has 1 amide bonds. The molecule has 2 heterocycles. The van der Waals surface area contributed by atoms with Crippen molar-refractivity contribution in [2.45, 2.75) is 27.3 Å². The molecule has 0 aliphatic heterocycles. The molecule has 0 saturated heterocycles. The smallest absolute Gasteiger partial charge is 0.348 e. The third-order valence-electron chi connectivity index (χ3n) is 4.17. The molecule has 3 rings (SSSR count). The number of nitrogens with one attached hydrogen (secondary N) is 1. The number of anilines is 1. The molecule has 2 aromatic heterocycles. The lowest BCUT2D eigenvalue weighted by atomic mass is 10.2. The molecule has 0 fully saturated rings. The van der Waals surface area contributed by atoms with Gasteiger partial charge in [0.15, 0.2) is 0 Å². The molecule has 0 spiro atoms. The van der Waals surface area contributed by atoms with E-state index in [-0.39, 0.29) is 19.1 Å². The van der Waals surface area contributed by atoms with Crippen LogP contribution in [0.4, 0.5) is 5.69 Å². The summed E-state index contributed by atoms with van der Waals surface area (Å²) in [6.07, 6.45) is 1.28. The van der Waals surface area contributed by atoms with E-state index < -0.39 is 17.4 Å². The molecule has 0 saturated carbocycles. The van der Waals surface area contributed by atoms with Crippen molar-refractivity contribution < 1.29 is 14.3 Å². The lowest BCUT2D eigenvalue weighted by molar-refractivity contribution is -0.116. The van der Waals surface area contributed by atoms with Crippen LogP contribution in [0.15, 0.2) is 29.3 Å². The van der Waals surface area contributed by atoms with Gasteiger partial charge in [0.05, 0.1) is 29.0 Å². The number of nitrogens with zero attached hydrogens (tertiary/aromatic N) is 2. The summed E-state index contributed by atoms with van der Waals surface area (Å²) >= 11 is 13.1. The van der Waals surface area contributed by atoms with Gasteiger partial charge < -0.3 is 10.1 Å². The Bertz CT molecular complexity index is 1190. The number of carbonyl (C=O) groups excluding carboxylic acids is 2. The van der Waals surface area contributed by atoms with Crippen LogP contribution in [0.25, 0.3) is 10.2 Å². The quantitative estimate of drug-likeness (QED) is 0.537. The van der Waals surface area contributed by atoms with E-state index in [1.165, 1.54) is 17.0 Å². The SMILES string of the molecule is Cc1c(C(=O)OCC(C)C)sc2ncn(CC(=O)Nc3cc(Cl)ccc3Cl)c(=O)c12. The average molecular weight is 468 g/mol. The van der Waals surface area contributed by atoms with Crippen LogP contribution >= 0.6 is 34.5 Å². The molecular formula is C20H19Cl2N3O4S. The second-order valence-electron chi connectivity index (χ2n) is 7.08. The van der Waals surface area contributed by atoms with Gasteiger partial charge in [0, 0.05) is 5.02 Å². The van der Waals surface area contributed by atoms with Crippen LogP contribution in [-0.2, 0) is 16.1 Å². The Balaban J connectivity index is 1.85. The predicted molar refractivity (Wildman–Crippen MR) is 119 cm³/mol. The van der Waals surface area contributed by atoms with E-state index >= 15 is 0 Å². The molecule has 158 valence electrons. The van der Waals surface area contributed by atoms with Crippen molar-refractivity contribution in [1.82, 2.24) is 9.55 Å². The number of aryl methyl sites for hydroxylation is 1. The van der Waals surface area contributed by atoms with E-state index in [2.05, 4.69) is 10.3 Å². The molecule has 3 aromatic rings. The lowest BCUT2D eigenvalue weighted by Crippen LogP contribution is -2.28. The number of thiophene rings is 1. The van der Waals surface area contributed by atoms with Crippen LogP contribution in [0.1, 0.15) is 29.1 Å². The minimum absolute atomic E-state index is 0.200. The minimum Gasteiger partial charge on any atom is -0.461 e. The Morgan fingerprint density at radius 3 is 2.73 bits per heavy atom. The van der Waals surface area contributed by atoms with Gasteiger partial charge in [0.1, 0.15) is 16.3 Å². The molecule has 30 heavy (non-hydrogen) atoms. The van der Waals surface area contributed by atoms with Crippen molar-refractivity contribution in [3.05, 3.63) is 55.4 Å². The molecule has 1 aromatic carbocycles. The zero-order valence-corrected chi connectivity index (χ0v) is 18.8. The van der Waals surface area contributed by atoms with Gasteiger partial charge in [-0.05, 0) is 36.6 Å². The number of hydrogen-bond acceptors (Lipinski definition) is 6. The molecule has 0 atom stereocenters. The van der Waals surface area contributed by atoms with Gasteiger partial charge in [-0.15, -0.1) is 11.3 Å². The Kier molecular flexibility index (Phi) is 6.80. The number of ether oxygens (including phenoxy) is 1. The number of hydrogen-bond donors (Lipinski definition) is 1. The van der Waals surface area contributed by atoms with Gasteiger partial charge in [0.25, 0.3) is 5.56 Å². The topological polar surface area (TPSA) is 90.3 Å². The van der Waals surface area contributed by atoms with E-state index in [0.29, 0.717) is 36.4 Å². The van der Waals surface area contributed by atoms with Crippen LogP contribution in [0.2, 0.25) is 10.0 Å². The number of fused-ring (bicyclic) bond motifs is 1. The number of benzene rings is 1. The highest BCUT2D eigenvalue weighted by molar-refractivity contribution is 7.20. The zero-order valence-electron chi connectivity index (χ0n) is 16.5. The number of halogens is 2. The molecule has 0 unspecified atom stereocenters. The number of aromatic nitrogens is 2. The maximum absolute atomic E-state index is 12.9. The van der Waals surface area contributed by atoms with Gasteiger partial charge in [0.2, 0.25) is 5.91 Å². The van der Waals surface area contributed by atoms with Gasteiger partial charge in [-0.3, -0.25) is 14.2 Å². The van der Waals surface area contributed by atoms with Crippen molar-refractivity contribution in [3.63, 3.8) is 0 Å². The van der Waals surface area contributed by atoms with Gasteiger partial charge >= 0.3 is 5.97 Å². The van der Waals surface area contributed by atoms with Gasteiger partial charge in [-0.25, -0.2) is 9.78 Å². The van der Waals surface area contributed by atoms with Crippen LogP contribution in [-0.4, -0.2) is 28.0 Å². The van der Waals surface area contributed by atoms with Gasteiger partial charge in [-0.2, -0.15) is 0 Å². The van der Waals surface area contributed by atoms with Crippen molar-refractivity contribution in [3.8, 4) is 0 Å². The first kappa shape index (κ1) is 22.3. The number of amides is 1.